The number of pyridine rings is 1. The van der Waals surface area contributed by atoms with Crippen LogP contribution in [0, 0.1) is 12.3 Å². The molecule has 1 aromatic carbocycles. The van der Waals surface area contributed by atoms with Crippen LogP contribution in [-0.4, -0.2) is 66.5 Å². The van der Waals surface area contributed by atoms with Crippen molar-refractivity contribution in [3.8, 4) is 0 Å². The number of carbonyl (C=O) groups excluding carboxylic acids is 2. The Bertz CT molecular complexity index is 967. The first kappa shape index (κ1) is 20.1. The molecule has 154 valence electrons. The molecule has 2 saturated heterocycles. The Morgan fingerprint density at radius 3 is 2.72 bits per heavy atom. The number of fused-ring (bicyclic) bond motifs is 1. The van der Waals surface area contributed by atoms with Crippen molar-refractivity contribution in [2.45, 2.75) is 32.3 Å². The molecule has 2 aromatic rings. The van der Waals surface area contributed by atoms with Crippen LogP contribution in [0.4, 0.5) is 0 Å². The molecular weight excluding hydrogens is 390 g/mol. The molecule has 0 bridgehead atoms. The molecule has 2 aliphatic rings. The van der Waals surface area contributed by atoms with Crippen molar-refractivity contribution in [2.75, 3.05) is 33.7 Å². The number of benzene rings is 1. The number of carbonyl (C=O) groups is 2. The number of rotatable bonds is 3. The van der Waals surface area contributed by atoms with E-state index in [0.29, 0.717) is 36.5 Å². The van der Waals surface area contributed by atoms with Gasteiger partial charge in [0.05, 0.1) is 16.5 Å². The van der Waals surface area contributed by atoms with E-state index < -0.39 is 5.41 Å². The fourth-order valence-corrected chi connectivity index (χ4v) is 4.74. The van der Waals surface area contributed by atoms with Gasteiger partial charge in [0.15, 0.2) is 0 Å². The molecule has 0 aliphatic carbocycles. The Balaban J connectivity index is 1.52. The van der Waals surface area contributed by atoms with E-state index >= 15 is 0 Å². The normalized spacial score (nSPS) is 21.2. The number of hydrogen-bond donors (Lipinski definition) is 0. The molecule has 0 N–H and O–H groups in total. The van der Waals surface area contributed by atoms with Crippen molar-refractivity contribution in [3.63, 3.8) is 0 Å². The number of aryl methyl sites for hydroxylation is 1. The second kappa shape index (κ2) is 7.58. The number of likely N-dealkylation sites (tertiary alicyclic amines) is 1. The van der Waals surface area contributed by atoms with E-state index in [1.807, 2.05) is 43.0 Å². The summed E-state index contributed by atoms with van der Waals surface area (Å²) < 4.78 is 5.63. The summed E-state index contributed by atoms with van der Waals surface area (Å²) in [5, 5.41) is 1.34. The molecule has 4 rings (SSSR count). The third-order valence-corrected chi connectivity index (χ3v) is 6.27. The number of piperidine rings is 1. The van der Waals surface area contributed by atoms with Gasteiger partial charge in [-0.05, 0) is 58.1 Å². The highest BCUT2D eigenvalue weighted by Gasteiger charge is 2.50. The average molecular weight is 416 g/mol. The predicted octanol–water partition coefficient (Wildman–Crippen LogP) is 3.30. The number of aromatic nitrogens is 1. The van der Waals surface area contributed by atoms with Crippen LogP contribution in [-0.2, 0) is 9.53 Å². The Morgan fingerprint density at radius 2 is 2.03 bits per heavy atom. The van der Waals surface area contributed by atoms with E-state index in [-0.39, 0.29) is 18.0 Å². The third kappa shape index (κ3) is 3.83. The number of amides is 1. The highest BCUT2D eigenvalue weighted by Crippen LogP contribution is 2.43. The van der Waals surface area contributed by atoms with Gasteiger partial charge in [-0.3, -0.25) is 14.6 Å². The fraction of sp³-hybridized carbons (Fsp3) is 0.500. The number of nitrogens with zero attached hydrogens (tertiary/aromatic N) is 3. The summed E-state index contributed by atoms with van der Waals surface area (Å²) in [6.07, 6.45) is 1.96. The first-order chi connectivity index (χ1) is 13.8. The number of ether oxygens (including phenoxy) is 1. The van der Waals surface area contributed by atoms with Gasteiger partial charge in [-0.2, -0.15) is 0 Å². The number of likely N-dealkylation sites (N-methyl/N-ethyl adjacent to an activating group) is 1. The van der Waals surface area contributed by atoms with Crippen LogP contribution in [0.2, 0.25) is 5.02 Å². The Morgan fingerprint density at radius 1 is 1.31 bits per heavy atom. The number of cyclic esters (lactones) is 1. The predicted molar refractivity (Wildman–Crippen MR) is 112 cm³/mol. The number of hydrogen-bond acceptors (Lipinski definition) is 5. The standard InChI is InChI=1S/C22H26ClN3O3/c1-14-10-18(17-11-15(23)4-5-19(17)24-14)20(27)26-8-6-22(7-9-26)12-16(13-25(2)3)29-21(22)28/h4-5,10-11,16H,6-9,12-13H2,1-3H3. The maximum atomic E-state index is 13.3. The molecule has 0 radical (unpaired) electrons. The lowest BCUT2D eigenvalue weighted by atomic mass is 9.76. The minimum atomic E-state index is -0.447. The molecule has 2 aliphatic heterocycles. The summed E-state index contributed by atoms with van der Waals surface area (Å²) in [6, 6.07) is 7.24. The zero-order valence-electron chi connectivity index (χ0n) is 17.1. The van der Waals surface area contributed by atoms with Gasteiger partial charge in [0, 0.05) is 42.2 Å². The molecule has 0 saturated carbocycles. The van der Waals surface area contributed by atoms with Gasteiger partial charge in [-0.1, -0.05) is 11.6 Å². The van der Waals surface area contributed by atoms with E-state index in [2.05, 4.69) is 4.98 Å². The zero-order valence-corrected chi connectivity index (χ0v) is 17.8. The van der Waals surface area contributed by atoms with Crippen LogP contribution in [0.15, 0.2) is 24.3 Å². The molecule has 1 spiro atoms. The number of halogens is 1. The van der Waals surface area contributed by atoms with E-state index in [1.54, 1.807) is 12.1 Å². The third-order valence-electron chi connectivity index (χ3n) is 6.03. The Hall–Kier alpha value is -2.18. The van der Waals surface area contributed by atoms with Crippen molar-refractivity contribution in [2.24, 2.45) is 5.41 Å². The summed E-state index contributed by atoms with van der Waals surface area (Å²) in [5.74, 6) is -0.137. The molecule has 1 atom stereocenters. The molecule has 1 amide bonds. The minimum absolute atomic E-state index is 0.0335. The van der Waals surface area contributed by atoms with Gasteiger partial charge >= 0.3 is 5.97 Å². The average Bonchev–Trinajstić information content (AvgIpc) is 2.95. The molecule has 1 unspecified atom stereocenters. The molecule has 6 nitrogen and oxygen atoms in total. The van der Waals surface area contributed by atoms with Crippen molar-refractivity contribution in [3.05, 3.63) is 40.5 Å². The van der Waals surface area contributed by atoms with Crippen LogP contribution in [0.5, 0.6) is 0 Å². The molecule has 29 heavy (non-hydrogen) atoms. The van der Waals surface area contributed by atoms with E-state index in [0.717, 1.165) is 29.6 Å². The van der Waals surface area contributed by atoms with Crippen molar-refractivity contribution >= 4 is 34.4 Å². The Labute approximate surface area is 175 Å². The topological polar surface area (TPSA) is 62.7 Å². The van der Waals surface area contributed by atoms with Crippen molar-refractivity contribution < 1.29 is 14.3 Å². The lowest BCUT2D eigenvalue weighted by molar-refractivity contribution is -0.150. The monoisotopic (exact) mass is 415 g/mol. The van der Waals surface area contributed by atoms with Crippen LogP contribution < -0.4 is 0 Å². The van der Waals surface area contributed by atoms with Gasteiger partial charge in [-0.15, -0.1) is 0 Å². The SMILES string of the molecule is Cc1cc(C(=O)N2CCC3(CC2)CC(CN(C)C)OC3=O)c2cc(Cl)ccc2n1. The second-order valence-corrected chi connectivity index (χ2v) is 8.98. The first-order valence-corrected chi connectivity index (χ1v) is 10.4. The molecule has 7 heteroatoms. The number of esters is 1. The molecular formula is C22H26ClN3O3. The van der Waals surface area contributed by atoms with Crippen LogP contribution in [0.3, 0.4) is 0 Å². The smallest absolute Gasteiger partial charge is 0.312 e. The lowest BCUT2D eigenvalue weighted by Gasteiger charge is -2.36. The second-order valence-electron chi connectivity index (χ2n) is 8.54. The van der Waals surface area contributed by atoms with Gasteiger partial charge in [-0.25, -0.2) is 0 Å². The summed E-state index contributed by atoms with van der Waals surface area (Å²) in [5.41, 5.74) is 1.72. The van der Waals surface area contributed by atoms with Gasteiger partial charge in [0.1, 0.15) is 6.10 Å². The summed E-state index contributed by atoms with van der Waals surface area (Å²) >= 11 is 6.16. The van der Waals surface area contributed by atoms with Crippen molar-refractivity contribution in [1.29, 1.82) is 0 Å². The largest absolute Gasteiger partial charge is 0.461 e. The molecule has 2 fully saturated rings. The zero-order chi connectivity index (χ0) is 20.8. The Kier molecular flexibility index (Phi) is 5.25. The van der Waals surface area contributed by atoms with Gasteiger partial charge < -0.3 is 14.5 Å². The highest BCUT2D eigenvalue weighted by atomic mass is 35.5. The van der Waals surface area contributed by atoms with E-state index in [1.165, 1.54) is 0 Å². The quantitative estimate of drug-likeness (QED) is 0.720. The van der Waals surface area contributed by atoms with Crippen LogP contribution in [0.25, 0.3) is 10.9 Å². The highest BCUT2D eigenvalue weighted by molar-refractivity contribution is 6.31. The van der Waals surface area contributed by atoms with Crippen LogP contribution >= 0.6 is 11.6 Å². The summed E-state index contributed by atoms with van der Waals surface area (Å²) in [4.78, 5) is 34.3. The molecule has 3 heterocycles. The van der Waals surface area contributed by atoms with Crippen LogP contribution in [0.1, 0.15) is 35.3 Å². The first-order valence-electron chi connectivity index (χ1n) is 9.99. The maximum absolute atomic E-state index is 13.3. The molecule has 1 aromatic heterocycles. The van der Waals surface area contributed by atoms with E-state index in [9.17, 15) is 9.59 Å². The summed E-state index contributed by atoms with van der Waals surface area (Å²) in [6.45, 7) is 3.71. The van der Waals surface area contributed by atoms with Gasteiger partial charge in [0.2, 0.25) is 0 Å². The van der Waals surface area contributed by atoms with Crippen molar-refractivity contribution in [1.82, 2.24) is 14.8 Å². The fourth-order valence-electron chi connectivity index (χ4n) is 4.57. The summed E-state index contributed by atoms with van der Waals surface area (Å²) in [7, 11) is 3.96. The minimum Gasteiger partial charge on any atom is -0.461 e. The maximum Gasteiger partial charge on any atom is 0.312 e. The van der Waals surface area contributed by atoms with E-state index in [4.69, 9.17) is 16.3 Å². The lowest BCUT2D eigenvalue weighted by Crippen LogP contribution is -2.45. The van der Waals surface area contributed by atoms with Gasteiger partial charge in [0.25, 0.3) is 5.91 Å².